The third-order valence-electron chi connectivity index (χ3n) is 4.01. The number of rotatable bonds is 6. The molecule has 0 aliphatic carbocycles. The topological polar surface area (TPSA) is 127 Å². The Labute approximate surface area is 160 Å². The minimum absolute atomic E-state index is 0.187. The lowest BCUT2D eigenvalue weighted by molar-refractivity contribution is 0.204. The SMILES string of the molecule is CCCC(CCC)(c1ccccc1)c1ccccc1.NC(=O)O.NC(=O)O. The molecule has 0 radical (unpaired) electrons. The Hall–Kier alpha value is -3.02. The Kier molecular flexibility index (Phi) is 11.7. The lowest BCUT2D eigenvalue weighted by Crippen LogP contribution is -2.27. The van der Waals surface area contributed by atoms with Gasteiger partial charge in [-0.2, -0.15) is 0 Å². The van der Waals surface area contributed by atoms with Crippen molar-refractivity contribution in [2.75, 3.05) is 0 Å². The Morgan fingerprint density at radius 3 is 1.22 bits per heavy atom. The predicted octanol–water partition coefficient (Wildman–Crippen LogP) is 4.82. The number of hydrogen-bond donors (Lipinski definition) is 4. The van der Waals surface area contributed by atoms with E-state index in [1.165, 1.54) is 36.8 Å². The van der Waals surface area contributed by atoms with E-state index in [0.717, 1.165) is 0 Å². The number of carboxylic acid groups (broad SMARTS) is 2. The summed E-state index contributed by atoms with van der Waals surface area (Å²) in [5.41, 5.74) is 11.2. The van der Waals surface area contributed by atoms with Gasteiger partial charge in [0.2, 0.25) is 0 Å². The Balaban J connectivity index is 0.000000718. The van der Waals surface area contributed by atoms with E-state index in [1.807, 2.05) is 0 Å². The number of amides is 2. The van der Waals surface area contributed by atoms with E-state index in [9.17, 15) is 0 Å². The van der Waals surface area contributed by atoms with Gasteiger partial charge in [0.15, 0.2) is 0 Å². The van der Waals surface area contributed by atoms with Gasteiger partial charge in [0.1, 0.15) is 0 Å². The molecule has 27 heavy (non-hydrogen) atoms. The van der Waals surface area contributed by atoms with Crippen molar-refractivity contribution in [1.29, 1.82) is 0 Å². The molecule has 0 unspecified atom stereocenters. The Morgan fingerprint density at radius 1 is 0.741 bits per heavy atom. The molecule has 2 aromatic carbocycles. The fourth-order valence-corrected chi connectivity index (χ4v) is 3.24. The van der Waals surface area contributed by atoms with Gasteiger partial charge in [0.05, 0.1) is 0 Å². The molecular weight excluding hydrogens is 344 g/mol. The average Bonchev–Trinajstić information content (AvgIpc) is 2.62. The van der Waals surface area contributed by atoms with Gasteiger partial charge in [-0.25, -0.2) is 9.59 Å². The predicted molar refractivity (Wildman–Crippen MR) is 108 cm³/mol. The van der Waals surface area contributed by atoms with Crippen molar-refractivity contribution < 1.29 is 19.8 Å². The summed E-state index contributed by atoms with van der Waals surface area (Å²) in [7, 11) is 0. The fourth-order valence-electron chi connectivity index (χ4n) is 3.24. The maximum absolute atomic E-state index is 8.78. The summed E-state index contributed by atoms with van der Waals surface area (Å²) in [4.78, 5) is 17.6. The summed E-state index contributed by atoms with van der Waals surface area (Å²) in [6.07, 6.45) is 2.19. The van der Waals surface area contributed by atoms with Gasteiger partial charge in [0.25, 0.3) is 0 Å². The van der Waals surface area contributed by atoms with Crippen LogP contribution in [0.2, 0.25) is 0 Å². The standard InChI is InChI=1S/C19H24.2CH3NO2/c1-3-15-19(16-4-2,17-11-7-5-8-12-17)18-13-9-6-10-14-18;2*2-1(3)4/h5-14H,3-4,15-16H2,1-2H3;2*2H2,(H,3,4). The average molecular weight is 374 g/mol. The van der Waals surface area contributed by atoms with Gasteiger partial charge >= 0.3 is 12.2 Å². The molecule has 0 heterocycles. The van der Waals surface area contributed by atoms with Crippen LogP contribution in [0.1, 0.15) is 50.7 Å². The minimum atomic E-state index is -1.33. The molecule has 0 aromatic heterocycles. The van der Waals surface area contributed by atoms with E-state index in [4.69, 9.17) is 19.8 Å². The maximum atomic E-state index is 8.78. The van der Waals surface area contributed by atoms with E-state index in [1.54, 1.807) is 0 Å². The molecule has 0 saturated heterocycles. The second-order valence-corrected chi connectivity index (χ2v) is 5.99. The number of nitrogens with two attached hydrogens (primary N) is 2. The van der Waals surface area contributed by atoms with E-state index in [-0.39, 0.29) is 5.41 Å². The first-order valence-corrected chi connectivity index (χ1v) is 8.88. The van der Waals surface area contributed by atoms with Gasteiger partial charge in [-0.3, -0.25) is 0 Å². The highest BCUT2D eigenvalue weighted by Crippen LogP contribution is 2.40. The molecular formula is C21H30N2O4. The summed E-state index contributed by atoms with van der Waals surface area (Å²) < 4.78 is 0. The van der Waals surface area contributed by atoms with E-state index >= 15 is 0 Å². The second kappa shape index (κ2) is 13.2. The zero-order chi connectivity index (χ0) is 20.7. The molecule has 0 bridgehead atoms. The molecule has 2 rings (SSSR count). The van der Waals surface area contributed by atoms with Crippen LogP contribution < -0.4 is 11.5 Å². The molecule has 6 nitrogen and oxygen atoms in total. The lowest BCUT2D eigenvalue weighted by atomic mass is 9.68. The van der Waals surface area contributed by atoms with Crippen molar-refractivity contribution in [1.82, 2.24) is 0 Å². The molecule has 6 N–H and O–H groups in total. The number of hydrogen-bond acceptors (Lipinski definition) is 2. The molecule has 0 fully saturated rings. The number of benzene rings is 2. The van der Waals surface area contributed by atoms with Crippen molar-refractivity contribution in [3.05, 3.63) is 71.8 Å². The van der Waals surface area contributed by atoms with Crippen LogP contribution in [0, 0.1) is 0 Å². The summed E-state index contributed by atoms with van der Waals surface area (Å²) >= 11 is 0. The highest BCUT2D eigenvalue weighted by Gasteiger charge is 2.31. The summed E-state index contributed by atoms with van der Waals surface area (Å²) in [5, 5.41) is 14.4. The highest BCUT2D eigenvalue weighted by molar-refractivity contribution is 5.61. The van der Waals surface area contributed by atoms with Crippen LogP contribution in [0.3, 0.4) is 0 Å². The summed E-state index contributed by atoms with van der Waals surface area (Å²) in [5.74, 6) is 0. The monoisotopic (exact) mass is 374 g/mol. The van der Waals surface area contributed by atoms with Crippen LogP contribution in [0.4, 0.5) is 9.59 Å². The zero-order valence-corrected chi connectivity index (χ0v) is 16.0. The third kappa shape index (κ3) is 9.30. The van der Waals surface area contributed by atoms with Gasteiger partial charge in [-0.1, -0.05) is 87.4 Å². The summed E-state index contributed by atoms with van der Waals surface area (Å²) in [6.45, 7) is 4.58. The van der Waals surface area contributed by atoms with Crippen molar-refractivity contribution in [3.8, 4) is 0 Å². The van der Waals surface area contributed by atoms with Gasteiger partial charge in [-0.15, -0.1) is 0 Å². The molecule has 148 valence electrons. The Morgan fingerprint density at radius 2 is 1.00 bits per heavy atom. The van der Waals surface area contributed by atoms with Crippen LogP contribution in [0.15, 0.2) is 60.7 Å². The molecule has 6 heteroatoms. The summed E-state index contributed by atoms with van der Waals surface area (Å²) in [6, 6.07) is 22.0. The Bertz CT molecular complexity index is 593. The largest absolute Gasteiger partial charge is 0.465 e. The molecule has 0 aliphatic heterocycles. The third-order valence-corrected chi connectivity index (χ3v) is 4.01. The van der Waals surface area contributed by atoms with E-state index in [2.05, 4.69) is 86.0 Å². The normalized spacial score (nSPS) is 9.85. The first-order chi connectivity index (χ1) is 12.8. The van der Waals surface area contributed by atoms with E-state index in [0.29, 0.717) is 0 Å². The number of primary amides is 2. The van der Waals surface area contributed by atoms with Crippen LogP contribution in [0.25, 0.3) is 0 Å². The molecule has 0 saturated carbocycles. The highest BCUT2D eigenvalue weighted by atomic mass is 16.4. The lowest BCUT2D eigenvalue weighted by Gasteiger charge is -2.35. The van der Waals surface area contributed by atoms with Crippen LogP contribution in [-0.2, 0) is 5.41 Å². The van der Waals surface area contributed by atoms with E-state index < -0.39 is 12.2 Å². The maximum Gasteiger partial charge on any atom is 0.402 e. The first-order valence-electron chi connectivity index (χ1n) is 8.88. The second-order valence-electron chi connectivity index (χ2n) is 5.99. The molecule has 0 aliphatic rings. The van der Waals surface area contributed by atoms with Gasteiger partial charge in [-0.05, 0) is 24.0 Å². The fraction of sp³-hybridized carbons (Fsp3) is 0.333. The van der Waals surface area contributed by atoms with Crippen LogP contribution >= 0.6 is 0 Å². The molecule has 0 spiro atoms. The van der Waals surface area contributed by atoms with Crippen LogP contribution in [-0.4, -0.2) is 22.4 Å². The van der Waals surface area contributed by atoms with Crippen molar-refractivity contribution in [3.63, 3.8) is 0 Å². The quantitative estimate of drug-likeness (QED) is 0.578. The van der Waals surface area contributed by atoms with Crippen molar-refractivity contribution >= 4 is 12.2 Å². The van der Waals surface area contributed by atoms with Crippen molar-refractivity contribution in [2.45, 2.75) is 44.9 Å². The molecule has 2 amide bonds. The van der Waals surface area contributed by atoms with Crippen molar-refractivity contribution in [2.24, 2.45) is 11.5 Å². The minimum Gasteiger partial charge on any atom is -0.465 e. The molecule has 2 aromatic rings. The van der Waals surface area contributed by atoms with Gasteiger partial charge < -0.3 is 21.7 Å². The first kappa shape index (κ1) is 24.0. The van der Waals surface area contributed by atoms with Crippen LogP contribution in [0.5, 0.6) is 0 Å². The van der Waals surface area contributed by atoms with Gasteiger partial charge in [0, 0.05) is 5.41 Å². The zero-order valence-electron chi connectivity index (χ0n) is 16.0. The number of carbonyl (C=O) groups is 2. The smallest absolute Gasteiger partial charge is 0.402 e. The molecule has 0 atom stereocenters.